The van der Waals surface area contributed by atoms with Crippen molar-refractivity contribution in [3.63, 3.8) is 0 Å². The number of rotatable bonds is 1. The highest BCUT2D eigenvalue weighted by Crippen LogP contribution is 2.39. The van der Waals surface area contributed by atoms with Crippen LogP contribution in [-0.2, 0) is 4.74 Å². The molecule has 1 amide bonds. The first-order valence-corrected chi connectivity index (χ1v) is 7.32. The molecule has 0 aromatic heterocycles. The molecule has 3 heterocycles. The highest BCUT2D eigenvalue weighted by molar-refractivity contribution is 6.01. The first-order chi connectivity index (χ1) is 10.3. The van der Waals surface area contributed by atoms with E-state index in [1.54, 1.807) is 13.2 Å². The summed E-state index contributed by atoms with van der Waals surface area (Å²) in [4.78, 5) is 14.7. The lowest BCUT2D eigenvalue weighted by Gasteiger charge is -2.28. The van der Waals surface area contributed by atoms with E-state index in [4.69, 9.17) is 14.2 Å². The number of ether oxygens (including phenoxy) is 3. The number of hydrogen-bond donors (Lipinski definition) is 1. The van der Waals surface area contributed by atoms with Crippen molar-refractivity contribution in [2.75, 3.05) is 32.2 Å². The van der Waals surface area contributed by atoms with Crippen LogP contribution in [0.3, 0.4) is 0 Å². The van der Waals surface area contributed by atoms with Crippen LogP contribution < -0.4 is 14.8 Å². The Bertz CT molecular complexity index is 589. The van der Waals surface area contributed by atoms with Gasteiger partial charge in [-0.25, -0.2) is 0 Å². The summed E-state index contributed by atoms with van der Waals surface area (Å²) >= 11 is 0. The summed E-state index contributed by atoms with van der Waals surface area (Å²) < 4.78 is 16.7. The summed E-state index contributed by atoms with van der Waals surface area (Å²) in [5, 5.41) is 3.34. The van der Waals surface area contributed by atoms with E-state index in [0.29, 0.717) is 30.3 Å². The van der Waals surface area contributed by atoms with Gasteiger partial charge in [-0.15, -0.1) is 0 Å². The van der Waals surface area contributed by atoms with E-state index >= 15 is 0 Å². The topological polar surface area (TPSA) is 60.0 Å². The van der Waals surface area contributed by atoms with Crippen LogP contribution in [0.15, 0.2) is 12.1 Å². The lowest BCUT2D eigenvalue weighted by Crippen LogP contribution is -2.44. The molecule has 0 unspecified atom stereocenters. The van der Waals surface area contributed by atoms with E-state index in [0.717, 1.165) is 25.1 Å². The number of amides is 1. The molecule has 0 bridgehead atoms. The zero-order valence-corrected chi connectivity index (χ0v) is 11.9. The number of nitrogens with zero attached hydrogens (tertiary/aromatic N) is 1. The van der Waals surface area contributed by atoms with Crippen molar-refractivity contribution in [1.29, 1.82) is 0 Å². The van der Waals surface area contributed by atoms with Crippen LogP contribution in [0.2, 0.25) is 0 Å². The van der Waals surface area contributed by atoms with Crippen LogP contribution in [0.4, 0.5) is 5.69 Å². The Balaban J connectivity index is 1.81. The van der Waals surface area contributed by atoms with Gasteiger partial charge in [-0.1, -0.05) is 0 Å². The summed E-state index contributed by atoms with van der Waals surface area (Å²) in [6.07, 6.45) is 1.77. The molecule has 0 spiro atoms. The zero-order valence-electron chi connectivity index (χ0n) is 11.9. The van der Waals surface area contributed by atoms with Gasteiger partial charge >= 0.3 is 0 Å². The summed E-state index contributed by atoms with van der Waals surface area (Å²) in [6, 6.07) is 3.71. The van der Waals surface area contributed by atoms with Crippen molar-refractivity contribution < 1.29 is 19.0 Å². The van der Waals surface area contributed by atoms with Gasteiger partial charge < -0.3 is 24.4 Å². The average molecular weight is 290 g/mol. The summed E-state index contributed by atoms with van der Waals surface area (Å²) in [5.74, 6) is 1.36. The SMILES string of the molecule is CO[C@H]1Nc2cc3c(cc2C(=O)N2CCC[C@@H]12)OCCO3. The fraction of sp³-hybridized carbons (Fsp3) is 0.533. The fourth-order valence-electron chi connectivity index (χ4n) is 3.36. The maximum atomic E-state index is 12.8. The number of fused-ring (bicyclic) bond motifs is 3. The molecule has 6 heteroatoms. The predicted octanol–water partition coefficient (Wildman–Crippen LogP) is 1.46. The quantitative estimate of drug-likeness (QED) is 0.848. The summed E-state index contributed by atoms with van der Waals surface area (Å²) in [5.41, 5.74) is 1.39. The van der Waals surface area contributed by atoms with Crippen molar-refractivity contribution in [3.8, 4) is 11.5 Å². The molecule has 1 N–H and O–H groups in total. The number of methoxy groups -OCH3 is 1. The summed E-state index contributed by atoms with van der Waals surface area (Å²) in [7, 11) is 1.67. The Kier molecular flexibility index (Phi) is 2.92. The Labute approximate surface area is 123 Å². The first kappa shape index (κ1) is 12.8. The van der Waals surface area contributed by atoms with Gasteiger partial charge in [0.25, 0.3) is 5.91 Å². The van der Waals surface area contributed by atoms with Crippen LogP contribution in [-0.4, -0.2) is 49.9 Å². The second-order valence-electron chi connectivity index (χ2n) is 5.55. The Morgan fingerprint density at radius 3 is 2.81 bits per heavy atom. The van der Waals surface area contributed by atoms with Crippen molar-refractivity contribution in [2.45, 2.75) is 25.1 Å². The minimum atomic E-state index is -0.194. The molecule has 1 aromatic rings. The van der Waals surface area contributed by atoms with E-state index in [2.05, 4.69) is 5.32 Å². The van der Waals surface area contributed by atoms with Crippen molar-refractivity contribution in [3.05, 3.63) is 17.7 Å². The molecule has 1 saturated heterocycles. The lowest BCUT2D eigenvalue weighted by molar-refractivity contribution is 0.0420. The third kappa shape index (κ3) is 1.93. The van der Waals surface area contributed by atoms with Crippen molar-refractivity contribution in [2.24, 2.45) is 0 Å². The molecular weight excluding hydrogens is 272 g/mol. The van der Waals surface area contributed by atoms with Crippen molar-refractivity contribution in [1.82, 2.24) is 4.90 Å². The van der Waals surface area contributed by atoms with Gasteiger partial charge in [0.2, 0.25) is 0 Å². The van der Waals surface area contributed by atoms with Gasteiger partial charge in [0.1, 0.15) is 19.4 Å². The van der Waals surface area contributed by atoms with E-state index in [1.807, 2.05) is 11.0 Å². The maximum Gasteiger partial charge on any atom is 0.256 e. The van der Waals surface area contributed by atoms with Gasteiger partial charge in [-0.2, -0.15) is 0 Å². The average Bonchev–Trinajstić information content (AvgIpc) is 2.96. The standard InChI is InChI=1S/C15H18N2O4/c1-19-14-11-3-2-4-17(11)15(18)9-7-12-13(8-10(9)16-14)21-6-5-20-12/h7-8,11,14,16H,2-6H2,1H3/t11-,14+/m0/s1. The molecular formula is C15H18N2O4. The second-order valence-corrected chi connectivity index (χ2v) is 5.55. The number of benzene rings is 1. The van der Waals surface area contributed by atoms with E-state index in [1.165, 1.54) is 0 Å². The largest absolute Gasteiger partial charge is 0.486 e. The maximum absolute atomic E-state index is 12.8. The van der Waals surface area contributed by atoms with Gasteiger partial charge in [0.05, 0.1) is 17.3 Å². The van der Waals surface area contributed by atoms with Gasteiger partial charge in [0.15, 0.2) is 11.5 Å². The molecule has 112 valence electrons. The third-order valence-electron chi connectivity index (χ3n) is 4.37. The van der Waals surface area contributed by atoms with Gasteiger partial charge in [0, 0.05) is 19.7 Å². The van der Waals surface area contributed by atoms with Crippen molar-refractivity contribution >= 4 is 11.6 Å². The van der Waals surface area contributed by atoms with Crippen LogP contribution in [0.5, 0.6) is 11.5 Å². The molecule has 21 heavy (non-hydrogen) atoms. The molecule has 2 atom stereocenters. The number of anilines is 1. The minimum absolute atomic E-state index is 0.0384. The van der Waals surface area contributed by atoms with E-state index in [9.17, 15) is 4.79 Å². The molecule has 4 rings (SSSR count). The molecule has 1 fully saturated rings. The Morgan fingerprint density at radius 2 is 2.05 bits per heavy atom. The van der Waals surface area contributed by atoms with Crippen LogP contribution >= 0.6 is 0 Å². The Hall–Kier alpha value is -1.95. The smallest absolute Gasteiger partial charge is 0.256 e. The van der Waals surface area contributed by atoms with Gasteiger partial charge in [-0.05, 0) is 18.9 Å². The highest BCUT2D eigenvalue weighted by Gasteiger charge is 2.39. The van der Waals surface area contributed by atoms with Crippen LogP contribution in [0.25, 0.3) is 0 Å². The zero-order chi connectivity index (χ0) is 14.4. The molecule has 0 radical (unpaired) electrons. The number of carbonyl (C=O) groups is 1. The molecule has 6 nitrogen and oxygen atoms in total. The molecule has 1 aromatic carbocycles. The molecule has 0 saturated carbocycles. The van der Waals surface area contributed by atoms with E-state index < -0.39 is 0 Å². The Morgan fingerprint density at radius 1 is 1.29 bits per heavy atom. The minimum Gasteiger partial charge on any atom is -0.486 e. The lowest BCUT2D eigenvalue weighted by atomic mass is 10.1. The highest BCUT2D eigenvalue weighted by atomic mass is 16.6. The monoisotopic (exact) mass is 290 g/mol. The van der Waals surface area contributed by atoms with Crippen LogP contribution in [0, 0.1) is 0 Å². The third-order valence-corrected chi connectivity index (χ3v) is 4.37. The van der Waals surface area contributed by atoms with Gasteiger partial charge in [-0.3, -0.25) is 4.79 Å². The first-order valence-electron chi connectivity index (χ1n) is 7.32. The number of hydrogen-bond acceptors (Lipinski definition) is 5. The molecule has 0 aliphatic carbocycles. The van der Waals surface area contributed by atoms with Crippen LogP contribution in [0.1, 0.15) is 23.2 Å². The fourth-order valence-corrected chi connectivity index (χ4v) is 3.36. The second kappa shape index (κ2) is 4.80. The van der Waals surface area contributed by atoms with E-state index in [-0.39, 0.29) is 18.2 Å². The predicted molar refractivity (Wildman–Crippen MR) is 75.9 cm³/mol. The number of nitrogens with one attached hydrogen (secondary N) is 1. The molecule has 3 aliphatic heterocycles. The number of carbonyl (C=O) groups excluding carboxylic acids is 1. The normalized spacial score (nSPS) is 26.7. The summed E-state index contributed by atoms with van der Waals surface area (Å²) in [6.45, 7) is 1.82. The molecule has 3 aliphatic rings.